The predicted molar refractivity (Wildman–Crippen MR) is 86.3 cm³/mol. The molecule has 0 radical (unpaired) electrons. The lowest BCUT2D eigenvalue weighted by Gasteiger charge is -2.26. The molecule has 0 aliphatic heterocycles. The van der Waals surface area contributed by atoms with Crippen molar-refractivity contribution in [1.29, 1.82) is 0 Å². The Hall–Kier alpha value is -1.55. The Kier molecular flexibility index (Phi) is 7.23. The van der Waals surface area contributed by atoms with Crippen LogP contribution in [0.5, 0.6) is 0 Å². The minimum atomic E-state index is -0.152. The number of likely N-dealkylation sites (N-methyl/N-ethyl adjacent to an activating group) is 1. The Morgan fingerprint density at radius 1 is 1.29 bits per heavy atom. The molecule has 4 heteroatoms. The summed E-state index contributed by atoms with van der Waals surface area (Å²) in [6.07, 6.45) is 2.22. The van der Waals surface area contributed by atoms with Gasteiger partial charge in [-0.25, -0.2) is 4.79 Å². The summed E-state index contributed by atoms with van der Waals surface area (Å²) in [5.74, 6) is 0.300. The zero-order valence-electron chi connectivity index (χ0n) is 13.6. The van der Waals surface area contributed by atoms with Gasteiger partial charge in [0.25, 0.3) is 0 Å². The van der Waals surface area contributed by atoms with Crippen LogP contribution in [0.2, 0.25) is 0 Å². The van der Waals surface area contributed by atoms with E-state index < -0.39 is 0 Å². The highest BCUT2D eigenvalue weighted by atomic mass is 16.3. The molecule has 0 heterocycles. The molecular weight excluding hydrogens is 264 g/mol. The molecule has 0 aliphatic rings. The van der Waals surface area contributed by atoms with Gasteiger partial charge >= 0.3 is 6.03 Å². The van der Waals surface area contributed by atoms with E-state index in [1.807, 2.05) is 0 Å². The summed E-state index contributed by atoms with van der Waals surface area (Å²) in [6, 6.07) is 8.30. The standard InChI is InChI=1S/C17H28N2O2/c1-5-6-14-7-9-15(10-8-14)16(13(2)3)18-17(21)19(4)11-12-20/h7-10,13,16,20H,5-6,11-12H2,1-4H3,(H,18,21). The van der Waals surface area contributed by atoms with Crippen LogP contribution in [-0.2, 0) is 6.42 Å². The number of carbonyl (C=O) groups excluding carboxylic acids is 1. The number of aliphatic hydroxyl groups is 1. The first-order valence-electron chi connectivity index (χ1n) is 7.70. The average molecular weight is 292 g/mol. The number of nitrogens with one attached hydrogen (secondary N) is 1. The van der Waals surface area contributed by atoms with Gasteiger partial charge in [-0.05, 0) is 23.5 Å². The monoisotopic (exact) mass is 292 g/mol. The summed E-state index contributed by atoms with van der Waals surface area (Å²) in [4.78, 5) is 13.6. The third kappa shape index (κ3) is 5.38. The quantitative estimate of drug-likeness (QED) is 0.812. The van der Waals surface area contributed by atoms with E-state index in [2.05, 4.69) is 50.4 Å². The number of urea groups is 1. The summed E-state index contributed by atoms with van der Waals surface area (Å²) in [7, 11) is 1.69. The molecule has 1 atom stereocenters. The van der Waals surface area contributed by atoms with Gasteiger partial charge in [0.2, 0.25) is 0 Å². The molecule has 1 aromatic carbocycles. The highest BCUT2D eigenvalue weighted by molar-refractivity contribution is 5.74. The largest absolute Gasteiger partial charge is 0.395 e. The van der Waals surface area contributed by atoms with Gasteiger partial charge in [-0.3, -0.25) is 0 Å². The van der Waals surface area contributed by atoms with Crippen LogP contribution in [0.3, 0.4) is 0 Å². The van der Waals surface area contributed by atoms with Gasteiger partial charge in [0.05, 0.1) is 12.6 Å². The van der Waals surface area contributed by atoms with Crippen molar-refractivity contribution in [3.05, 3.63) is 35.4 Å². The van der Waals surface area contributed by atoms with E-state index in [9.17, 15) is 4.79 Å². The number of amides is 2. The fourth-order valence-corrected chi connectivity index (χ4v) is 2.31. The molecule has 0 bridgehead atoms. The highest BCUT2D eigenvalue weighted by Gasteiger charge is 2.20. The number of hydrogen-bond donors (Lipinski definition) is 2. The molecule has 0 spiro atoms. The van der Waals surface area contributed by atoms with Crippen molar-refractivity contribution < 1.29 is 9.90 Å². The molecule has 0 fully saturated rings. The van der Waals surface area contributed by atoms with Crippen LogP contribution >= 0.6 is 0 Å². The zero-order chi connectivity index (χ0) is 15.8. The first kappa shape index (κ1) is 17.5. The normalized spacial score (nSPS) is 12.3. The lowest BCUT2D eigenvalue weighted by molar-refractivity contribution is 0.184. The molecule has 118 valence electrons. The maximum atomic E-state index is 12.1. The molecule has 0 saturated carbocycles. The van der Waals surface area contributed by atoms with Gasteiger partial charge in [0.15, 0.2) is 0 Å². The third-order valence-corrected chi connectivity index (χ3v) is 3.61. The van der Waals surface area contributed by atoms with Gasteiger partial charge < -0.3 is 15.3 Å². The van der Waals surface area contributed by atoms with Gasteiger partial charge in [-0.15, -0.1) is 0 Å². The molecule has 21 heavy (non-hydrogen) atoms. The van der Waals surface area contributed by atoms with Crippen molar-refractivity contribution in [1.82, 2.24) is 10.2 Å². The van der Waals surface area contributed by atoms with Crippen LogP contribution in [0.1, 0.15) is 44.4 Å². The lowest BCUT2D eigenvalue weighted by Crippen LogP contribution is -2.42. The summed E-state index contributed by atoms with van der Waals surface area (Å²) in [5.41, 5.74) is 2.45. The number of rotatable bonds is 7. The van der Waals surface area contributed by atoms with E-state index in [4.69, 9.17) is 5.11 Å². The number of nitrogens with zero attached hydrogens (tertiary/aromatic N) is 1. The first-order chi connectivity index (χ1) is 9.99. The number of aliphatic hydroxyl groups excluding tert-OH is 1. The molecule has 1 unspecified atom stereocenters. The smallest absolute Gasteiger partial charge is 0.317 e. The molecule has 1 aromatic rings. The summed E-state index contributed by atoms with van der Waals surface area (Å²) >= 11 is 0. The number of benzene rings is 1. The van der Waals surface area contributed by atoms with E-state index >= 15 is 0 Å². The maximum Gasteiger partial charge on any atom is 0.317 e. The van der Waals surface area contributed by atoms with Gasteiger partial charge in [0, 0.05) is 13.6 Å². The zero-order valence-corrected chi connectivity index (χ0v) is 13.6. The molecule has 4 nitrogen and oxygen atoms in total. The van der Waals surface area contributed by atoms with Crippen molar-refractivity contribution >= 4 is 6.03 Å². The van der Waals surface area contributed by atoms with Gasteiger partial charge in [-0.1, -0.05) is 51.5 Å². The number of aryl methyl sites for hydroxylation is 1. The molecule has 2 N–H and O–H groups in total. The first-order valence-corrected chi connectivity index (χ1v) is 7.70. The Morgan fingerprint density at radius 2 is 1.90 bits per heavy atom. The molecule has 1 rings (SSSR count). The second-order valence-corrected chi connectivity index (χ2v) is 5.81. The Labute approximate surface area is 128 Å². The average Bonchev–Trinajstić information content (AvgIpc) is 2.46. The Bertz CT molecular complexity index is 429. The predicted octanol–water partition coefficient (Wildman–Crippen LogP) is 2.97. The third-order valence-electron chi connectivity index (χ3n) is 3.61. The maximum absolute atomic E-state index is 12.1. The van der Waals surface area contributed by atoms with Crippen LogP contribution in [0.4, 0.5) is 4.79 Å². The number of hydrogen-bond acceptors (Lipinski definition) is 2. The second kappa shape index (κ2) is 8.67. The minimum Gasteiger partial charge on any atom is -0.395 e. The van der Waals surface area contributed by atoms with Crippen LogP contribution in [0.25, 0.3) is 0 Å². The molecule has 0 saturated heterocycles. The SMILES string of the molecule is CCCc1ccc(C(NC(=O)N(C)CCO)C(C)C)cc1. The van der Waals surface area contributed by atoms with Crippen molar-refractivity contribution in [3.63, 3.8) is 0 Å². The van der Waals surface area contributed by atoms with Crippen LogP contribution in [-0.4, -0.2) is 36.2 Å². The fraction of sp³-hybridized carbons (Fsp3) is 0.588. The van der Waals surface area contributed by atoms with Crippen LogP contribution in [0.15, 0.2) is 24.3 Å². The Morgan fingerprint density at radius 3 is 2.38 bits per heavy atom. The van der Waals surface area contributed by atoms with E-state index in [1.165, 1.54) is 10.5 Å². The van der Waals surface area contributed by atoms with Gasteiger partial charge in [0.1, 0.15) is 0 Å². The molecule has 2 amide bonds. The Balaban J connectivity index is 2.79. The molecular formula is C17H28N2O2. The van der Waals surface area contributed by atoms with Crippen molar-refractivity contribution in [3.8, 4) is 0 Å². The van der Waals surface area contributed by atoms with Crippen molar-refractivity contribution in [2.24, 2.45) is 5.92 Å². The van der Waals surface area contributed by atoms with Crippen LogP contribution in [0, 0.1) is 5.92 Å². The van der Waals surface area contributed by atoms with Crippen LogP contribution < -0.4 is 5.32 Å². The van der Waals surface area contributed by atoms with E-state index in [0.717, 1.165) is 18.4 Å². The van der Waals surface area contributed by atoms with E-state index in [-0.39, 0.29) is 18.7 Å². The van der Waals surface area contributed by atoms with Crippen molar-refractivity contribution in [2.75, 3.05) is 20.2 Å². The summed E-state index contributed by atoms with van der Waals surface area (Å²) in [5, 5.41) is 11.9. The topological polar surface area (TPSA) is 52.6 Å². The second-order valence-electron chi connectivity index (χ2n) is 5.81. The van der Waals surface area contributed by atoms with Gasteiger partial charge in [-0.2, -0.15) is 0 Å². The molecule has 0 aromatic heterocycles. The minimum absolute atomic E-state index is 0.0191. The number of carbonyl (C=O) groups is 1. The van der Waals surface area contributed by atoms with E-state index in [0.29, 0.717) is 12.5 Å². The summed E-state index contributed by atoms with van der Waals surface area (Å²) in [6.45, 7) is 6.67. The fourth-order valence-electron chi connectivity index (χ4n) is 2.31. The lowest BCUT2D eigenvalue weighted by atomic mass is 9.95. The molecule has 0 aliphatic carbocycles. The van der Waals surface area contributed by atoms with Crippen molar-refractivity contribution in [2.45, 2.75) is 39.7 Å². The summed E-state index contributed by atoms with van der Waals surface area (Å²) < 4.78 is 0. The highest BCUT2D eigenvalue weighted by Crippen LogP contribution is 2.22. The van der Waals surface area contributed by atoms with E-state index in [1.54, 1.807) is 7.05 Å².